The number of benzene rings is 1. The number of ether oxygens (including phenoxy) is 1. The van der Waals surface area contributed by atoms with Crippen LogP contribution in [0.15, 0.2) is 61.4 Å². The molecule has 0 aromatic heterocycles. The summed E-state index contributed by atoms with van der Waals surface area (Å²) in [5.74, 6) is 0.197. The molecule has 0 amide bonds. The highest BCUT2D eigenvalue weighted by atomic mass is 16.5. The summed E-state index contributed by atoms with van der Waals surface area (Å²) in [6.45, 7) is 7.21. The highest BCUT2D eigenvalue weighted by Crippen LogP contribution is 2.21. The number of allylic oxidation sites excluding steroid dienone is 3. The maximum Gasteiger partial charge on any atom is 0.305 e. The van der Waals surface area contributed by atoms with Crippen molar-refractivity contribution in [3.8, 4) is 5.75 Å². The molecule has 0 aliphatic heterocycles. The van der Waals surface area contributed by atoms with Gasteiger partial charge in [-0.15, -0.1) is 0 Å². The van der Waals surface area contributed by atoms with Crippen molar-refractivity contribution >= 4 is 5.97 Å². The Morgan fingerprint density at radius 2 is 2.21 bits per heavy atom. The van der Waals surface area contributed by atoms with Gasteiger partial charge >= 0.3 is 5.97 Å². The van der Waals surface area contributed by atoms with Crippen LogP contribution in [0.4, 0.5) is 0 Å². The lowest BCUT2D eigenvalue weighted by molar-refractivity contribution is -0.137. The van der Waals surface area contributed by atoms with E-state index in [1.54, 1.807) is 42.5 Å². The van der Waals surface area contributed by atoms with E-state index < -0.39 is 12.0 Å². The van der Waals surface area contributed by atoms with Gasteiger partial charge in [-0.05, 0) is 29.8 Å². The van der Waals surface area contributed by atoms with Gasteiger partial charge in [0.05, 0.1) is 6.42 Å². The van der Waals surface area contributed by atoms with Gasteiger partial charge in [0.15, 0.2) is 0 Å². The second kappa shape index (κ2) is 7.18. The molecule has 0 radical (unpaired) electrons. The van der Waals surface area contributed by atoms with E-state index >= 15 is 0 Å². The predicted molar refractivity (Wildman–Crippen MR) is 74.7 cm³/mol. The standard InChI is InChI=1S/C15H17NO3/c1-3-6-12(4-2)19-13-8-5-7-11(9-13)14(16)10-15(17)18/h3-9,14H,1-2,10,16H2,(H,17,18)/b12-6+. The molecule has 1 atom stereocenters. The highest BCUT2D eigenvalue weighted by molar-refractivity contribution is 5.67. The Morgan fingerprint density at radius 3 is 2.79 bits per heavy atom. The SMILES string of the molecule is C=C/C=C(\C=C)Oc1cccc(C(N)CC(=O)O)c1. The molecule has 0 saturated heterocycles. The summed E-state index contributed by atoms with van der Waals surface area (Å²) in [5.41, 5.74) is 6.51. The lowest BCUT2D eigenvalue weighted by atomic mass is 10.0. The van der Waals surface area contributed by atoms with Gasteiger partial charge in [0.25, 0.3) is 0 Å². The lowest BCUT2D eigenvalue weighted by Crippen LogP contribution is -2.14. The Hall–Kier alpha value is -2.33. The molecule has 0 spiro atoms. The summed E-state index contributed by atoms with van der Waals surface area (Å²) in [7, 11) is 0. The number of carboxylic acids is 1. The molecule has 0 saturated carbocycles. The summed E-state index contributed by atoms with van der Waals surface area (Å²) in [6, 6.07) is 6.45. The molecule has 0 fully saturated rings. The van der Waals surface area contributed by atoms with Gasteiger partial charge in [-0.3, -0.25) is 4.79 Å². The monoisotopic (exact) mass is 259 g/mol. The molecule has 0 aliphatic rings. The maximum absolute atomic E-state index is 10.6. The zero-order valence-corrected chi connectivity index (χ0v) is 10.6. The fourth-order valence-corrected chi connectivity index (χ4v) is 1.51. The normalized spacial score (nSPS) is 12.6. The smallest absolute Gasteiger partial charge is 0.305 e. The first-order valence-electron chi connectivity index (χ1n) is 5.77. The third kappa shape index (κ3) is 4.81. The maximum atomic E-state index is 10.6. The van der Waals surface area contributed by atoms with Crippen LogP contribution in [0.5, 0.6) is 5.75 Å². The summed E-state index contributed by atoms with van der Waals surface area (Å²) < 4.78 is 5.57. The lowest BCUT2D eigenvalue weighted by Gasteiger charge is -2.12. The van der Waals surface area contributed by atoms with Crippen molar-refractivity contribution in [3.05, 3.63) is 67.0 Å². The van der Waals surface area contributed by atoms with Gasteiger partial charge in [-0.1, -0.05) is 31.4 Å². The van der Waals surface area contributed by atoms with Gasteiger partial charge in [0.1, 0.15) is 11.5 Å². The van der Waals surface area contributed by atoms with Crippen LogP contribution >= 0.6 is 0 Å². The average molecular weight is 259 g/mol. The third-order valence-corrected chi connectivity index (χ3v) is 2.40. The van der Waals surface area contributed by atoms with Crippen molar-refractivity contribution in [2.45, 2.75) is 12.5 Å². The van der Waals surface area contributed by atoms with Gasteiger partial charge < -0.3 is 15.6 Å². The van der Waals surface area contributed by atoms with Crippen molar-refractivity contribution in [2.75, 3.05) is 0 Å². The molecule has 100 valence electrons. The first-order chi connectivity index (χ1) is 9.06. The Balaban J connectivity index is 2.87. The number of hydrogen-bond acceptors (Lipinski definition) is 3. The van der Waals surface area contributed by atoms with Crippen molar-refractivity contribution in [2.24, 2.45) is 5.73 Å². The molecule has 1 unspecified atom stereocenters. The molecular formula is C15H17NO3. The van der Waals surface area contributed by atoms with E-state index in [0.717, 1.165) is 0 Å². The van der Waals surface area contributed by atoms with Crippen LogP contribution in [0.1, 0.15) is 18.0 Å². The first-order valence-corrected chi connectivity index (χ1v) is 5.77. The molecule has 1 rings (SSSR count). The number of rotatable bonds is 7. The zero-order chi connectivity index (χ0) is 14.3. The Morgan fingerprint density at radius 1 is 1.47 bits per heavy atom. The van der Waals surface area contributed by atoms with Crippen molar-refractivity contribution in [1.82, 2.24) is 0 Å². The Kier molecular flexibility index (Phi) is 5.57. The number of hydrogen-bond donors (Lipinski definition) is 2. The third-order valence-electron chi connectivity index (χ3n) is 2.40. The molecule has 1 aromatic carbocycles. The molecule has 0 heterocycles. The van der Waals surface area contributed by atoms with Crippen LogP contribution in [0.25, 0.3) is 0 Å². The van der Waals surface area contributed by atoms with Crippen LogP contribution in [0.2, 0.25) is 0 Å². The molecule has 19 heavy (non-hydrogen) atoms. The minimum Gasteiger partial charge on any atom is -0.481 e. The second-order valence-corrected chi connectivity index (χ2v) is 3.89. The predicted octanol–water partition coefficient (Wildman–Crippen LogP) is 2.80. The van der Waals surface area contributed by atoms with Crippen molar-refractivity contribution in [3.63, 3.8) is 0 Å². The molecule has 0 aliphatic carbocycles. The molecule has 3 N–H and O–H groups in total. The summed E-state index contributed by atoms with van der Waals surface area (Å²) in [6.07, 6.45) is 4.71. The number of aliphatic carboxylic acids is 1. The fraction of sp³-hybridized carbons (Fsp3) is 0.133. The van der Waals surface area contributed by atoms with E-state index in [1.807, 2.05) is 0 Å². The van der Waals surface area contributed by atoms with Gasteiger partial charge in [0, 0.05) is 6.04 Å². The van der Waals surface area contributed by atoms with E-state index in [2.05, 4.69) is 13.2 Å². The minimum absolute atomic E-state index is 0.125. The van der Waals surface area contributed by atoms with Crippen LogP contribution in [-0.4, -0.2) is 11.1 Å². The van der Waals surface area contributed by atoms with E-state index in [4.69, 9.17) is 15.6 Å². The zero-order valence-electron chi connectivity index (χ0n) is 10.6. The van der Waals surface area contributed by atoms with Crippen molar-refractivity contribution in [1.29, 1.82) is 0 Å². The Bertz CT molecular complexity index is 506. The summed E-state index contributed by atoms with van der Waals surface area (Å²) in [5, 5.41) is 8.72. The first kappa shape index (κ1) is 14.7. The topological polar surface area (TPSA) is 72.5 Å². The summed E-state index contributed by atoms with van der Waals surface area (Å²) in [4.78, 5) is 10.6. The number of nitrogens with two attached hydrogens (primary N) is 1. The Labute approximate surface area is 112 Å². The van der Waals surface area contributed by atoms with Gasteiger partial charge in [-0.2, -0.15) is 0 Å². The molecular weight excluding hydrogens is 242 g/mol. The van der Waals surface area contributed by atoms with Crippen LogP contribution in [-0.2, 0) is 4.79 Å². The van der Waals surface area contributed by atoms with Gasteiger partial charge in [-0.25, -0.2) is 0 Å². The van der Waals surface area contributed by atoms with E-state index in [9.17, 15) is 4.79 Å². The second-order valence-electron chi connectivity index (χ2n) is 3.89. The van der Waals surface area contributed by atoms with Crippen molar-refractivity contribution < 1.29 is 14.6 Å². The summed E-state index contributed by atoms with van der Waals surface area (Å²) >= 11 is 0. The quantitative estimate of drug-likeness (QED) is 0.583. The fourth-order valence-electron chi connectivity index (χ4n) is 1.51. The average Bonchev–Trinajstić information content (AvgIpc) is 2.37. The number of carboxylic acid groups (broad SMARTS) is 1. The van der Waals surface area contributed by atoms with E-state index in [1.165, 1.54) is 0 Å². The van der Waals surface area contributed by atoms with Crippen LogP contribution < -0.4 is 10.5 Å². The molecule has 1 aromatic rings. The van der Waals surface area contributed by atoms with E-state index in [-0.39, 0.29) is 6.42 Å². The van der Waals surface area contributed by atoms with Crippen LogP contribution in [0, 0.1) is 0 Å². The van der Waals surface area contributed by atoms with Crippen LogP contribution in [0.3, 0.4) is 0 Å². The highest BCUT2D eigenvalue weighted by Gasteiger charge is 2.11. The molecule has 4 nitrogen and oxygen atoms in total. The number of carbonyl (C=O) groups is 1. The largest absolute Gasteiger partial charge is 0.481 e. The minimum atomic E-state index is -0.933. The van der Waals surface area contributed by atoms with Gasteiger partial charge in [0.2, 0.25) is 0 Å². The molecule has 4 heteroatoms. The molecule has 0 bridgehead atoms. The van der Waals surface area contributed by atoms with E-state index in [0.29, 0.717) is 17.1 Å².